The Kier molecular flexibility index (Phi) is 6.89. The predicted octanol–water partition coefficient (Wildman–Crippen LogP) is 2.06. The average Bonchev–Trinajstić information content (AvgIpc) is 2.27. The Morgan fingerprint density at radius 1 is 1.53 bits per heavy atom. The van der Waals surface area contributed by atoms with E-state index in [0.717, 1.165) is 32.5 Å². The third kappa shape index (κ3) is 5.06. The molecule has 0 aliphatic carbocycles. The smallest absolute Gasteiger partial charge is 0.227 e. The maximum atomic E-state index is 12.1. The summed E-state index contributed by atoms with van der Waals surface area (Å²) in [6.07, 6.45) is 4.16. The van der Waals surface area contributed by atoms with Crippen molar-refractivity contribution >= 4 is 30.1 Å². The summed E-state index contributed by atoms with van der Waals surface area (Å²) >= 11 is 1.78. The molecule has 1 aliphatic rings. The molecular weight excluding hydrogens is 256 g/mol. The molecule has 1 saturated heterocycles. The van der Waals surface area contributed by atoms with Gasteiger partial charge >= 0.3 is 0 Å². The van der Waals surface area contributed by atoms with Gasteiger partial charge in [-0.05, 0) is 46.4 Å². The third-order valence-corrected chi connectivity index (χ3v) is 4.62. The molecular formula is C12H25ClN2OS. The van der Waals surface area contributed by atoms with E-state index < -0.39 is 0 Å². The summed E-state index contributed by atoms with van der Waals surface area (Å²) in [6.45, 7) is 8.94. The fourth-order valence-corrected chi connectivity index (χ4v) is 2.05. The quantitative estimate of drug-likeness (QED) is 0.828. The summed E-state index contributed by atoms with van der Waals surface area (Å²) < 4.78 is 0.119. The molecule has 0 saturated carbocycles. The van der Waals surface area contributed by atoms with Gasteiger partial charge in [0.1, 0.15) is 0 Å². The number of halogens is 1. The van der Waals surface area contributed by atoms with E-state index in [1.807, 2.05) is 0 Å². The number of rotatable bonds is 4. The van der Waals surface area contributed by atoms with Crippen molar-refractivity contribution in [1.29, 1.82) is 0 Å². The number of hydrogen-bond donors (Lipinski definition) is 2. The SMILES string of the molecule is CSC(C)(C)CNC(=O)C1(C)CCCNC1.Cl. The highest BCUT2D eigenvalue weighted by Crippen LogP contribution is 2.26. The molecule has 5 heteroatoms. The third-order valence-electron chi connectivity index (χ3n) is 3.37. The predicted molar refractivity (Wildman–Crippen MR) is 78.1 cm³/mol. The molecule has 1 aliphatic heterocycles. The van der Waals surface area contributed by atoms with E-state index in [-0.39, 0.29) is 28.5 Å². The number of piperidine rings is 1. The minimum absolute atomic E-state index is 0. The van der Waals surface area contributed by atoms with E-state index in [1.165, 1.54) is 0 Å². The highest BCUT2D eigenvalue weighted by atomic mass is 35.5. The van der Waals surface area contributed by atoms with Crippen molar-refractivity contribution in [3.63, 3.8) is 0 Å². The zero-order valence-corrected chi connectivity index (χ0v) is 12.9. The van der Waals surface area contributed by atoms with Gasteiger partial charge in [-0.3, -0.25) is 4.79 Å². The van der Waals surface area contributed by atoms with E-state index in [4.69, 9.17) is 0 Å². The van der Waals surface area contributed by atoms with Gasteiger partial charge in [0.15, 0.2) is 0 Å². The van der Waals surface area contributed by atoms with Gasteiger partial charge in [0, 0.05) is 17.8 Å². The molecule has 0 aromatic carbocycles. The van der Waals surface area contributed by atoms with Crippen molar-refractivity contribution < 1.29 is 4.79 Å². The summed E-state index contributed by atoms with van der Waals surface area (Å²) in [5.74, 6) is 0.196. The zero-order chi connectivity index (χ0) is 12.2. The highest BCUT2D eigenvalue weighted by Gasteiger charge is 2.35. The maximum Gasteiger partial charge on any atom is 0.227 e. The fraction of sp³-hybridized carbons (Fsp3) is 0.917. The number of carbonyl (C=O) groups excluding carboxylic acids is 1. The Morgan fingerprint density at radius 2 is 2.18 bits per heavy atom. The molecule has 0 spiro atoms. The first-order valence-corrected chi connectivity index (χ1v) is 7.16. The van der Waals surface area contributed by atoms with Gasteiger partial charge in [-0.25, -0.2) is 0 Å². The molecule has 1 rings (SSSR count). The van der Waals surface area contributed by atoms with Crippen LogP contribution in [0.25, 0.3) is 0 Å². The van der Waals surface area contributed by atoms with Gasteiger partial charge in [-0.2, -0.15) is 11.8 Å². The van der Waals surface area contributed by atoms with Crippen LogP contribution >= 0.6 is 24.2 Å². The van der Waals surface area contributed by atoms with Crippen LogP contribution in [0.4, 0.5) is 0 Å². The van der Waals surface area contributed by atoms with Crippen molar-refractivity contribution in [2.24, 2.45) is 5.41 Å². The maximum absolute atomic E-state index is 12.1. The Morgan fingerprint density at radius 3 is 2.65 bits per heavy atom. The standard InChI is InChI=1S/C12H24N2OS.ClH/c1-11(2,16-4)8-14-10(15)12(3)6-5-7-13-9-12;/h13H,5-9H2,1-4H3,(H,14,15);1H. The molecule has 0 bridgehead atoms. The van der Waals surface area contributed by atoms with Gasteiger partial charge in [0.05, 0.1) is 5.41 Å². The second-order valence-electron chi connectivity index (χ2n) is 5.49. The van der Waals surface area contributed by atoms with Crippen LogP contribution in [0.3, 0.4) is 0 Å². The molecule has 1 heterocycles. The summed E-state index contributed by atoms with van der Waals surface area (Å²) in [7, 11) is 0. The number of thioether (sulfide) groups is 1. The number of carbonyl (C=O) groups is 1. The molecule has 3 nitrogen and oxygen atoms in total. The zero-order valence-electron chi connectivity index (χ0n) is 11.3. The van der Waals surface area contributed by atoms with Crippen molar-refractivity contribution in [3.05, 3.63) is 0 Å². The van der Waals surface area contributed by atoms with E-state index in [1.54, 1.807) is 11.8 Å². The Bertz CT molecular complexity index is 253. The molecule has 2 N–H and O–H groups in total. The first kappa shape index (κ1) is 17.1. The second kappa shape index (κ2) is 6.86. The normalized spacial score (nSPS) is 24.9. The molecule has 0 aromatic heterocycles. The minimum Gasteiger partial charge on any atom is -0.354 e. The van der Waals surface area contributed by atoms with E-state index in [0.29, 0.717) is 0 Å². The van der Waals surface area contributed by atoms with Gasteiger partial charge in [0.25, 0.3) is 0 Å². The van der Waals surface area contributed by atoms with Crippen molar-refractivity contribution in [2.45, 2.75) is 38.4 Å². The van der Waals surface area contributed by atoms with E-state index >= 15 is 0 Å². The van der Waals surface area contributed by atoms with Crippen LogP contribution in [0.5, 0.6) is 0 Å². The van der Waals surface area contributed by atoms with Gasteiger partial charge in [-0.1, -0.05) is 0 Å². The molecule has 1 fully saturated rings. The molecule has 17 heavy (non-hydrogen) atoms. The fourth-order valence-electron chi connectivity index (χ4n) is 1.83. The lowest BCUT2D eigenvalue weighted by atomic mass is 9.82. The van der Waals surface area contributed by atoms with Crippen LogP contribution in [-0.2, 0) is 4.79 Å². The van der Waals surface area contributed by atoms with Crippen LogP contribution in [0.1, 0.15) is 33.6 Å². The summed E-state index contributed by atoms with van der Waals surface area (Å²) in [5, 5.41) is 6.39. The van der Waals surface area contributed by atoms with Gasteiger partial charge in [0.2, 0.25) is 5.91 Å². The topological polar surface area (TPSA) is 41.1 Å². The Balaban J connectivity index is 0.00000256. The van der Waals surface area contributed by atoms with Gasteiger partial charge < -0.3 is 10.6 Å². The van der Waals surface area contributed by atoms with Crippen molar-refractivity contribution in [1.82, 2.24) is 10.6 Å². The average molecular weight is 281 g/mol. The van der Waals surface area contributed by atoms with Crippen LogP contribution in [-0.4, -0.2) is 36.5 Å². The van der Waals surface area contributed by atoms with Crippen LogP contribution in [0, 0.1) is 5.41 Å². The first-order chi connectivity index (χ1) is 7.40. The molecule has 0 aromatic rings. The number of amides is 1. The molecule has 102 valence electrons. The number of nitrogens with one attached hydrogen (secondary N) is 2. The highest BCUT2D eigenvalue weighted by molar-refractivity contribution is 7.99. The summed E-state index contributed by atoms with van der Waals surface area (Å²) in [4.78, 5) is 12.1. The Labute approximate surface area is 115 Å². The molecule has 1 unspecified atom stereocenters. The van der Waals surface area contributed by atoms with Crippen molar-refractivity contribution in [3.8, 4) is 0 Å². The van der Waals surface area contributed by atoms with E-state index in [9.17, 15) is 4.79 Å². The largest absolute Gasteiger partial charge is 0.354 e. The number of hydrogen-bond acceptors (Lipinski definition) is 3. The van der Waals surface area contributed by atoms with Crippen LogP contribution < -0.4 is 10.6 Å². The van der Waals surface area contributed by atoms with Gasteiger partial charge in [-0.15, -0.1) is 12.4 Å². The lowest BCUT2D eigenvalue weighted by Crippen LogP contribution is -2.50. The van der Waals surface area contributed by atoms with Crippen LogP contribution in [0.2, 0.25) is 0 Å². The second-order valence-corrected chi connectivity index (χ2v) is 7.00. The minimum atomic E-state index is -0.216. The lowest BCUT2D eigenvalue weighted by molar-refractivity contribution is -0.131. The van der Waals surface area contributed by atoms with Crippen LogP contribution in [0.15, 0.2) is 0 Å². The first-order valence-electron chi connectivity index (χ1n) is 5.94. The summed E-state index contributed by atoms with van der Waals surface area (Å²) in [6, 6.07) is 0. The van der Waals surface area contributed by atoms with E-state index in [2.05, 4.69) is 37.7 Å². The Hall–Kier alpha value is 0.0700. The molecule has 1 amide bonds. The summed E-state index contributed by atoms with van der Waals surface area (Å²) in [5.41, 5.74) is -0.216. The monoisotopic (exact) mass is 280 g/mol. The lowest BCUT2D eigenvalue weighted by Gasteiger charge is -2.34. The molecule has 0 radical (unpaired) electrons. The molecule has 1 atom stereocenters. The van der Waals surface area contributed by atoms with Crippen molar-refractivity contribution in [2.75, 3.05) is 25.9 Å².